The van der Waals surface area contributed by atoms with Gasteiger partial charge in [-0.25, -0.2) is 0 Å². The summed E-state index contributed by atoms with van der Waals surface area (Å²) in [5.41, 5.74) is 2.10. The van der Waals surface area contributed by atoms with E-state index < -0.39 is 0 Å². The third-order valence-electron chi connectivity index (χ3n) is 3.50. The van der Waals surface area contributed by atoms with Gasteiger partial charge < -0.3 is 9.47 Å². The number of fused-ring (bicyclic) bond motifs is 1. The summed E-state index contributed by atoms with van der Waals surface area (Å²) in [6.07, 6.45) is 5.36. The molecule has 1 aromatic rings. The molecule has 0 saturated carbocycles. The number of aromatic nitrogens is 2. The minimum absolute atomic E-state index is 0.0558. The van der Waals surface area contributed by atoms with Crippen molar-refractivity contribution in [2.24, 2.45) is 0 Å². The summed E-state index contributed by atoms with van der Waals surface area (Å²) in [4.78, 5) is 12.1. The van der Waals surface area contributed by atoms with Gasteiger partial charge in [-0.3, -0.25) is 9.89 Å². The fourth-order valence-electron chi connectivity index (χ4n) is 2.56. The highest BCUT2D eigenvalue weighted by Gasteiger charge is 2.31. The second-order valence-electron chi connectivity index (χ2n) is 4.67. The van der Waals surface area contributed by atoms with E-state index in [0.29, 0.717) is 13.2 Å². The Morgan fingerprint density at radius 2 is 2.47 bits per heavy atom. The van der Waals surface area contributed by atoms with Crippen LogP contribution in [0.1, 0.15) is 36.4 Å². The lowest BCUT2D eigenvalue weighted by molar-refractivity contribution is -0.151. The minimum atomic E-state index is -0.141. The summed E-state index contributed by atoms with van der Waals surface area (Å²) < 4.78 is 10.7. The summed E-state index contributed by atoms with van der Waals surface area (Å²) in [5, 5.41) is 6.96. The molecule has 0 spiro atoms. The van der Waals surface area contributed by atoms with Crippen molar-refractivity contribution in [3.8, 4) is 0 Å². The highest BCUT2D eigenvalue weighted by molar-refractivity contribution is 5.79. The number of aromatic amines is 1. The molecule has 2 heterocycles. The van der Waals surface area contributed by atoms with Crippen molar-refractivity contribution >= 4 is 5.97 Å². The summed E-state index contributed by atoms with van der Waals surface area (Å²) >= 11 is 0. The van der Waals surface area contributed by atoms with Crippen molar-refractivity contribution in [1.82, 2.24) is 10.2 Å². The number of nitrogens with zero attached hydrogens (tertiary/aromatic N) is 1. The topological polar surface area (TPSA) is 64.2 Å². The van der Waals surface area contributed by atoms with Gasteiger partial charge in [-0.05, 0) is 19.3 Å². The normalized spacial score (nSPS) is 27.8. The zero-order chi connectivity index (χ0) is 11.7. The number of carbonyl (C=O) groups excluding carboxylic acids is 1. The summed E-state index contributed by atoms with van der Waals surface area (Å²) in [6, 6.07) is 0. The van der Waals surface area contributed by atoms with Gasteiger partial charge in [0.1, 0.15) is 6.10 Å². The predicted molar refractivity (Wildman–Crippen MR) is 59.6 cm³/mol. The van der Waals surface area contributed by atoms with Crippen LogP contribution in [0.4, 0.5) is 0 Å². The largest absolute Gasteiger partial charge is 0.459 e. The van der Waals surface area contributed by atoms with Gasteiger partial charge in [-0.1, -0.05) is 0 Å². The molecular formula is C12H16N2O3. The molecule has 1 N–H and O–H groups in total. The number of esters is 1. The fraction of sp³-hybridized carbons (Fsp3) is 0.667. The highest BCUT2D eigenvalue weighted by atomic mass is 16.6. The number of aryl methyl sites for hydroxylation is 1. The lowest BCUT2D eigenvalue weighted by Crippen LogP contribution is -2.25. The van der Waals surface area contributed by atoms with Crippen molar-refractivity contribution in [3.05, 3.63) is 17.5 Å². The first-order chi connectivity index (χ1) is 8.34. The molecule has 0 bridgehead atoms. The third-order valence-corrected chi connectivity index (χ3v) is 3.50. The first kappa shape index (κ1) is 10.8. The maximum atomic E-state index is 12.1. The molecule has 92 valence electrons. The number of hydrogen-bond acceptors (Lipinski definition) is 4. The second kappa shape index (κ2) is 4.49. The highest BCUT2D eigenvalue weighted by Crippen LogP contribution is 2.31. The lowest BCUT2D eigenvalue weighted by atomic mass is 9.87. The van der Waals surface area contributed by atoms with Crippen LogP contribution in [0.25, 0.3) is 0 Å². The molecule has 0 unspecified atom stereocenters. The van der Waals surface area contributed by atoms with Gasteiger partial charge in [0.2, 0.25) is 0 Å². The van der Waals surface area contributed by atoms with Crippen molar-refractivity contribution in [2.45, 2.75) is 37.7 Å². The Hall–Kier alpha value is -1.36. The molecule has 1 fully saturated rings. The maximum absolute atomic E-state index is 12.1. The quantitative estimate of drug-likeness (QED) is 0.783. The molecule has 3 rings (SSSR count). The van der Waals surface area contributed by atoms with Crippen molar-refractivity contribution < 1.29 is 14.3 Å². The number of H-pyrrole nitrogens is 1. The smallest absolute Gasteiger partial charge is 0.313 e. The standard InChI is InChI=1S/C12H16N2O3/c15-12(17-8-4-5-16-7-8)9-2-1-3-11-10(9)6-13-14-11/h6,8-9H,1-5,7H2,(H,13,14)/t8-,9-/m1/s1. The zero-order valence-electron chi connectivity index (χ0n) is 9.65. The Labute approximate surface area is 99.5 Å². The van der Waals surface area contributed by atoms with E-state index in [2.05, 4.69) is 10.2 Å². The first-order valence-corrected chi connectivity index (χ1v) is 6.15. The molecule has 5 nitrogen and oxygen atoms in total. The molecule has 0 amide bonds. The Balaban J connectivity index is 1.70. The molecule has 1 aliphatic heterocycles. The molecule has 5 heteroatoms. The molecule has 1 aromatic heterocycles. The van der Waals surface area contributed by atoms with E-state index >= 15 is 0 Å². The van der Waals surface area contributed by atoms with Gasteiger partial charge in [-0.2, -0.15) is 5.10 Å². The number of nitrogens with one attached hydrogen (secondary N) is 1. The fourth-order valence-corrected chi connectivity index (χ4v) is 2.56. The zero-order valence-corrected chi connectivity index (χ0v) is 9.65. The average molecular weight is 236 g/mol. The molecule has 2 aliphatic rings. The number of carbonyl (C=O) groups is 1. The third kappa shape index (κ3) is 2.07. The van der Waals surface area contributed by atoms with E-state index in [9.17, 15) is 4.79 Å². The van der Waals surface area contributed by atoms with Crippen LogP contribution in [0, 0.1) is 0 Å². The van der Waals surface area contributed by atoms with Crippen LogP contribution >= 0.6 is 0 Å². The average Bonchev–Trinajstić information content (AvgIpc) is 2.97. The molecule has 0 radical (unpaired) electrons. The van der Waals surface area contributed by atoms with Gasteiger partial charge in [0.15, 0.2) is 0 Å². The molecule has 2 atom stereocenters. The van der Waals surface area contributed by atoms with Crippen LogP contribution in [-0.2, 0) is 20.7 Å². The molecular weight excluding hydrogens is 220 g/mol. The Morgan fingerprint density at radius 1 is 1.53 bits per heavy atom. The van der Waals surface area contributed by atoms with E-state index in [1.54, 1.807) is 6.20 Å². The molecule has 1 aliphatic carbocycles. The number of ether oxygens (including phenoxy) is 2. The van der Waals surface area contributed by atoms with Crippen LogP contribution in [0.15, 0.2) is 6.20 Å². The van der Waals surface area contributed by atoms with Gasteiger partial charge in [0.25, 0.3) is 0 Å². The number of rotatable bonds is 2. The van der Waals surface area contributed by atoms with Gasteiger partial charge >= 0.3 is 5.97 Å². The predicted octanol–water partition coefficient (Wildman–Crippen LogP) is 1.16. The molecule has 1 saturated heterocycles. The van der Waals surface area contributed by atoms with Crippen LogP contribution in [0.5, 0.6) is 0 Å². The SMILES string of the molecule is O=C(O[C@@H]1CCOC1)[C@@H]1CCCc2[nH]ncc21. The van der Waals surface area contributed by atoms with Crippen LogP contribution in [0.2, 0.25) is 0 Å². The Morgan fingerprint density at radius 3 is 3.29 bits per heavy atom. The van der Waals surface area contributed by atoms with Gasteiger partial charge in [-0.15, -0.1) is 0 Å². The van der Waals surface area contributed by atoms with E-state index in [4.69, 9.17) is 9.47 Å². The Kier molecular flexibility index (Phi) is 2.84. The minimum Gasteiger partial charge on any atom is -0.459 e. The second-order valence-corrected chi connectivity index (χ2v) is 4.67. The van der Waals surface area contributed by atoms with E-state index in [1.807, 2.05) is 0 Å². The van der Waals surface area contributed by atoms with Gasteiger partial charge in [0, 0.05) is 17.7 Å². The van der Waals surface area contributed by atoms with Crippen molar-refractivity contribution in [2.75, 3.05) is 13.2 Å². The first-order valence-electron chi connectivity index (χ1n) is 6.15. The molecule has 0 aromatic carbocycles. The van der Waals surface area contributed by atoms with Crippen LogP contribution < -0.4 is 0 Å². The van der Waals surface area contributed by atoms with E-state index in [1.165, 1.54) is 0 Å². The van der Waals surface area contributed by atoms with E-state index in [0.717, 1.165) is 36.9 Å². The van der Waals surface area contributed by atoms with E-state index in [-0.39, 0.29) is 18.0 Å². The Bertz CT molecular complexity index is 410. The van der Waals surface area contributed by atoms with Crippen molar-refractivity contribution in [3.63, 3.8) is 0 Å². The maximum Gasteiger partial charge on any atom is 0.313 e. The molecule has 17 heavy (non-hydrogen) atoms. The number of hydrogen-bond donors (Lipinski definition) is 1. The lowest BCUT2D eigenvalue weighted by Gasteiger charge is -2.21. The monoisotopic (exact) mass is 236 g/mol. The van der Waals surface area contributed by atoms with Gasteiger partial charge in [0.05, 0.1) is 25.3 Å². The van der Waals surface area contributed by atoms with Crippen LogP contribution in [0.3, 0.4) is 0 Å². The summed E-state index contributed by atoms with van der Waals surface area (Å²) in [6.45, 7) is 1.23. The summed E-state index contributed by atoms with van der Waals surface area (Å²) in [5.74, 6) is -0.263. The summed E-state index contributed by atoms with van der Waals surface area (Å²) in [7, 11) is 0. The van der Waals surface area contributed by atoms with Crippen molar-refractivity contribution in [1.29, 1.82) is 0 Å². The van der Waals surface area contributed by atoms with Crippen LogP contribution in [-0.4, -0.2) is 35.5 Å².